The van der Waals surface area contributed by atoms with E-state index in [9.17, 15) is 4.79 Å². The molecule has 1 unspecified atom stereocenters. The highest BCUT2D eigenvalue weighted by Gasteiger charge is 2.22. The molecule has 2 fully saturated rings. The quantitative estimate of drug-likeness (QED) is 0.590. The lowest BCUT2D eigenvalue weighted by Crippen LogP contribution is -2.46. The molecular weight excluding hydrogens is 429 g/mol. The second-order valence-corrected chi connectivity index (χ2v) is 8.47. The van der Waals surface area contributed by atoms with Gasteiger partial charge in [-0.25, -0.2) is 0 Å². The summed E-state index contributed by atoms with van der Waals surface area (Å²) in [7, 11) is 0. The molecule has 2 heterocycles. The SMILES string of the molecule is Cc1ccccc1N1CCN(CCCCc2ccc(C3CCC(=O)N3)cc2)CC1.Cl.Cl. The number of hydrogen-bond donors (Lipinski definition) is 1. The number of unbranched alkanes of at least 4 members (excludes halogenated alkanes) is 1. The molecular formula is C25H35Cl2N3O. The van der Waals surface area contributed by atoms with Crippen molar-refractivity contribution in [2.75, 3.05) is 37.6 Å². The second kappa shape index (κ2) is 12.3. The van der Waals surface area contributed by atoms with Gasteiger partial charge in [0.15, 0.2) is 0 Å². The molecule has 1 N–H and O–H groups in total. The van der Waals surface area contributed by atoms with Crippen LogP contribution in [0, 0.1) is 6.92 Å². The minimum absolute atomic E-state index is 0. The molecule has 2 saturated heterocycles. The number of hydrogen-bond acceptors (Lipinski definition) is 3. The fraction of sp³-hybridized carbons (Fsp3) is 0.480. The molecule has 2 aliphatic rings. The normalized spacial score (nSPS) is 18.8. The molecule has 6 heteroatoms. The van der Waals surface area contributed by atoms with Crippen molar-refractivity contribution >= 4 is 36.4 Å². The molecule has 1 atom stereocenters. The zero-order valence-corrected chi connectivity index (χ0v) is 20.0. The molecule has 2 aromatic rings. The summed E-state index contributed by atoms with van der Waals surface area (Å²) in [5.74, 6) is 0.179. The average Bonchev–Trinajstić information content (AvgIpc) is 3.19. The Morgan fingerprint density at radius 2 is 1.65 bits per heavy atom. The van der Waals surface area contributed by atoms with E-state index < -0.39 is 0 Å². The zero-order chi connectivity index (χ0) is 20.1. The minimum Gasteiger partial charge on any atom is -0.369 e. The van der Waals surface area contributed by atoms with Gasteiger partial charge in [0.1, 0.15) is 0 Å². The van der Waals surface area contributed by atoms with Gasteiger partial charge in [-0.3, -0.25) is 9.69 Å². The van der Waals surface area contributed by atoms with Crippen molar-refractivity contribution in [1.82, 2.24) is 10.2 Å². The Hall–Kier alpha value is -1.75. The van der Waals surface area contributed by atoms with Gasteiger partial charge in [-0.1, -0.05) is 42.5 Å². The van der Waals surface area contributed by atoms with Crippen LogP contribution in [0.5, 0.6) is 0 Å². The van der Waals surface area contributed by atoms with Crippen LogP contribution in [0.1, 0.15) is 48.4 Å². The molecule has 2 aliphatic heterocycles. The smallest absolute Gasteiger partial charge is 0.220 e. The molecule has 4 rings (SSSR count). The minimum atomic E-state index is 0. The maximum Gasteiger partial charge on any atom is 0.220 e. The van der Waals surface area contributed by atoms with Crippen LogP contribution in [-0.4, -0.2) is 43.5 Å². The first kappa shape index (κ1) is 25.5. The summed E-state index contributed by atoms with van der Waals surface area (Å²) >= 11 is 0. The van der Waals surface area contributed by atoms with Gasteiger partial charge in [0.25, 0.3) is 0 Å². The van der Waals surface area contributed by atoms with Crippen LogP contribution in [-0.2, 0) is 11.2 Å². The molecule has 31 heavy (non-hydrogen) atoms. The van der Waals surface area contributed by atoms with Crippen molar-refractivity contribution in [1.29, 1.82) is 0 Å². The van der Waals surface area contributed by atoms with Gasteiger partial charge >= 0.3 is 0 Å². The summed E-state index contributed by atoms with van der Waals surface area (Å²) in [6.45, 7) is 7.99. The van der Waals surface area contributed by atoms with Crippen molar-refractivity contribution in [3.63, 3.8) is 0 Å². The molecule has 0 aliphatic carbocycles. The molecule has 0 bridgehead atoms. The first-order chi connectivity index (χ1) is 14.2. The number of nitrogens with zero attached hydrogens (tertiary/aromatic N) is 2. The van der Waals surface area contributed by atoms with Crippen molar-refractivity contribution in [3.8, 4) is 0 Å². The van der Waals surface area contributed by atoms with Crippen molar-refractivity contribution in [2.45, 2.75) is 45.1 Å². The van der Waals surface area contributed by atoms with E-state index in [1.807, 2.05) is 0 Å². The number of benzene rings is 2. The van der Waals surface area contributed by atoms with E-state index in [1.54, 1.807) is 0 Å². The molecule has 1 amide bonds. The van der Waals surface area contributed by atoms with Crippen LogP contribution in [0.15, 0.2) is 48.5 Å². The van der Waals surface area contributed by atoms with E-state index in [0.29, 0.717) is 6.42 Å². The Morgan fingerprint density at radius 1 is 0.935 bits per heavy atom. The van der Waals surface area contributed by atoms with Gasteiger partial charge in [-0.2, -0.15) is 0 Å². The van der Waals surface area contributed by atoms with Crippen LogP contribution in [0.2, 0.25) is 0 Å². The number of carbonyl (C=O) groups excluding carboxylic acids is 1. The number of amides is 1. The lowest BCUT2D eigenvalue weighted by Gasteiger charge is -2.36. The summed E-state index contributed by atoms with van der Waals surface area (Å²) in [5.41, 5.74) is 5.42. The highest BCUT2D eigenvalue weighted by molar-refractivity contribution is 5.85. The topological polar surface area (TPSA) is 35.6 Å². The van der Waals surface area contributed by atoms with Crippen molar-refractivity contribution in [2.24, 2.45) is 0 Å². The molecule has 170 valence electrons. The van der Waals surface area contributed by atoms with Crippen molar-refractivity contribution in [3.05, 3.63) is 65.2 Å². The number of rotatable bonds is 7. The van der Waals surface area contributed by atoms with Gasteiger partial charge in [-0.05, 0) is 61.9 Å². The van der Waals surface area contributed by atoms with Gasteiger partial charge in [0.2, 0.25) is 5.91 Å². The van der Waals surface area contributed by atoms with E-state index in [0.717, 1.165) is 39.0 Å². The fourth-order valence-electron chi connectivity index (χ4n) is 4.58. The molecule has 0 radical (unpaired) electrons. The number of nitrogens with one attached hydrogen (secondary N) is 1. The third-order valence-corrected chi connectivity index (χ3v) is 6.40. The zero-order valence-electron chi connectivity index (χ0n) is 18.4. The maximum atomic E-state index is 11.4. The number of para-hydroxylation sites is 1. The van der Waals surface area contributed by atoms with Crippen LogP contribution < -0.4 is 10.2 Å². The van der Waals surface area contributed by atoms with Gasteiger partial charge in [0.05, 0.1) is 6.04 Å². The Kier molecular flexibility index (Phi) is 10.1. The van der Waals surface area contributed by atoms with Crippen LogP contribution in [0.3, 0.4) is 0 Å². The standard InChI is InChI=1S/C25H33N3O.2ClH/c1-20-6-2-3-8-24(20)28-18-16-27(17-19-28)15-5-4-7-21-9-11-22(12-10-21)23-13-14-25(29)26-23;;/h2-3,6,8-12,23H,4-5,7,13-19H2,1H3,(H,26,29);2*1H. The summed E-state index contributed by atoms with van der Waals surface area (Å²) in [4.78, 5) is 16.5. The first-order valence-corrected chi connectivity index (χ1v) is 11.1. The maximum absolute atomic E-state index is 11.4. The number of aryl methyl sites for hydroxylation is 2. The highest BCUT2D eigenvalue weighted by atomic mass is 35.5. The van der Waals surface area contributed by atoms with E-state index in [4.69, 9.17) is 0 Å². The fourth-order valence-corrected chi connectivity index (χ4v) is 4.58. The van der Waals surface area contributed by atoms with Gasteiger partial charge in [0, 0.05) is 38.3 Å². The lowest BCUT2D eigenvalue weighted by molar-refractivity contribution is -0.119. The number of carbonyl (C=O) groups is 1. The number of anilines is 1. The van der Waals surface area contributed by atoms with E-state index in [-0.39, 0.29) is 36.8 Å². The van der Waals surface area contributed by atoms with Gasteiger partial charge < -0.3 is 10.2 Å². The molecule has 0 saturated carbocycles. The molecule has 2 aromatic carbocycles. The van der Waals surface area contributed by atoms with Crippen LogP contribution in [0.25, 0.3) is 0 Å². The third-order valence-electron chi connectivity index (χ3n) is 6.40. The Morgan fingerprint density at radius 3 is 2.29 bits per heavy atom. The van der Waals surface area contributed by atoms with Crippen LogP contribution in [0.4, 0.5) is 5.69 Å². The average molecular weight is 464 g/mol. The molecule has 0 spiro atoms. The van der Waals surface area contributed by atoms with E-state index in [1.165, 1.54) is 41.8 Å². The van der Waals surface area contributed by atoms with Crippen molar-refractivity contribution < 1.29 is 4.79 Å². The molecule has 0 aromatic heterocycles. The van der Waals surface area contributed by atoms with E-state index in [2.05, 4.69) is 70.6 Å². The third kappa shape index (κ3) is 6.86. The first-order valence-electron chi connectivity index (χ1n) is 11.1. The summed E-state index contributed by atoms with van der Waals surface area (Å²) in [6.07, 6.45) is 5.21. The summed E-state index contributed by atoms with van der Waals surface area (Å²) < 4.78 is 0. The predicted octanol–water partition coefficient (Wildman–Crippen LogP) is 4.93. The second-order valence-electron chi connectivity index (χ2n) is 8.47. The number of piperazine rings is 1. The highest BCUT2D eigenvalue weighted by Crippen LogP contribution is 2.24. The predicted molar refractivity (Wildman–Crippen MR) is 134 cm³/mol. The Labute approximate surface area is 199 Å². The van der Waals surface area contributed by atoms with Crippen LogP contribution >= 0.6 is 24.8 Å². The summed E-state index contributed by atoms with van der Waals surface area (Å²) in [5, 5.41) is 3.05. The largest absolute Gasteiger partial charge is 0.369 e. The Bertz CT molecular complexity index is 820. The number of halogens is 2. The van der Waals surface area contributed by atoms with E-state index >= 15 is 0 Å². The Balaban J connectivity index is 0.00000171. The monoisotopic (exact) mass is 463 g/mol. The summed E-state index contributed by atoms with van der Waals surface area (Å²) in [6, 6.07) is 17.8. The molecule has 4 nitrogen and oxygen atoms in total. The lowest BCUT2D eigenvalue weighted by atomic mass is 10.0. The van der Waals surface area contributed by atoms with Gasteiger partial charge in [-0.15, -0.1) is 24.8 Å².